The zero-order valence-electron chi connectivity index (χ0n) is 15.2. The number of benzene rings is 1. The van der Waals surface area contributed by atoms with Gasteiger partial charge in [-0.2, -0.15) is 0 Å². The standard InChI is InChI=1S/C19H21N3O5/c1-25-13-5-3-11(4-6-13)17-16(19(24)26-2)18(21-27-17)22-8-7-14-12(10-22)9-15(23)20-14/h3-6,12,14H,7-10H2,1-2H3,(H,20,23)/t12-,14+/m1/s1. The summed E-state index contributed by atoms with van der Waals surface area (Å²) in [6.07, 6.45) is 1.31. The van der Waals surface area contributed by atoms with Gasteiger partial charge >= 0.3 is 5.97 Å². The van der Waals surface area contributed by atoms with E-state index < -0.39 is 5.97 Å². The molecule has 0 aliphatic carbocycles. The van der Waals surface area contributed by atoms with Crippen molar-refractivity contribution in [1.29, 1.82) is 0 Å². The fraction of sp³-hybridized carbons (Fsp3) is 0.421. The fourth-order valence-electron chi connectivity index (χ4n) is 3.85. The zero-order chi connectivity index (χ0) is 19.0. The van der Waals surface area contributed by atoms with E-state index in [0.717, 1.165) is 6.42 Å². The van der Waals surface area contributed by atoms with Crippen molar-refractivity contribution in [2.75, 3.05) is 32.2 Å². The van der Waals surface area contributed by atoms with Crippen LogP contribution in [0.15, 0.2) is 28.8 Å². The van der Waals surface area contributed by atoms with E-state index >= 15 is 0 Å². The van der Waals surface area contributed by atoms with Crippen LogP contribution in [-0.4, -0.2) is 50.4 Å². The molecule has 2 fully saturated rings. The number of nitrogens with zero attached hydrogens (tertiary/aromatic N) is 2. The maximum atomic E-state index is 12.5. The van der Waals surface area contributed by atoms with Crippen LogP contribution < -0.4 is 15.0 Å². The first-order valence-corrected chi connectivity index (χ1v) is 8.87. The van der Waals surface area contributed by atoms with Gasteiger partial charge in [0.1, 0.15) is 5.75 Å². The Morgan fingerprint density at radius 3 is 2.78 bits per heavy atom. The molecule has 4 rings (SSSR count). The number of esters is 1. The molecule has 1 aromatic heterocycles. The van der Waals surface area contributed by atoms with Crippen LogP contribution in [0.5, 0.6) is 5.75 Å². The summed E-state index contributed by atoms with van der Waals surface area (Å²) < 4.78 is 15.7. The Hall–Kier alpha value is -3.03. The summed E-state index contributed by atoms with van der Waals surface area (Å²) in [4.78, 5) is 26.2. The third-order valence-corrected chi connectivity index (χ3v) is 5.24. The number of nitrogens with one attached hydrogen (secondary N) is 1. The Balaban J connectivity index is 1.68. The second kappa shape index (κ2) is 6.94. The van der Waals surface area contributed by atoms with Crippen LogP contribution in [0.2, 0.25) is 0 Å². The van der Waals surface area contributed by atoms with Crippen molar-refractivity contribution in [3.63, 3.8) is 0 Å². The van der Waals surface area contributed by atoms with Crippen molar-refractivity contribution in [2.24, 2.45) is 5.92 Å². The summed E-state index contributed by atoms with van der Waals surface area (Å²) in [5.41, 5.74) is 1.01. The molecule has 2 saturated heterocycles. The van der Waals surface area contributed by atoms with Gasteiger partial charge in [0.2, 0.25) is 5.91 Å². The van der Waals surface area contributed by atoms with E-state index in [9.17, 15) is 9.59 Å². The average Bonchev–Trinajstić information content (AvgIpc) is 3.29. The van der Waals surface area contributed by atoms with Crippen molar-refractivity contribution in [2.45, 2.75) is 18.9 Å². The number of anilines is 1. The predicted molar refractivity (Wildman–Crippen MR) is 96.7 cm³/mol. The van der Waals surface area contributed by atoms with Crippen molar-refractivity contribution in [3.8, 4) is 17.1 Å². The molecule has 2 aliphatic rings. The Morgan fingerprint density at radius 1 is 1.30 bits per heavy atom. The molecule has 1 N–H and O–H groups in total. The van der Waals surface area contributed by atoms with Gasteiger partial charge < -0.3 is 24.2 Å². The van der Waals surface area contributed by atoms with Gasteiger partial charge in [-0.3, -0.25) is 4.79 Å². The van der Waals surface area contributed by atoms with E-state index in [0.29, 0.717) is 48.0 Å². The minimum Gasteiger partial charge on any atom is -0.497 e. The third-order valence-electron chi connectivity index (χ3n) is 5.24. The molecule has 0 unspecified atom stereocenters. The highest BCUT2D eigenvalue weighted by molar-refractivity contribution is 6.00. The number of carbonyl (C=O) groups excluding carboxylic acids is 2. The molecule has 0 spiro atoms. The van der Waals surface area contributed by atoms with Crippen LogP contribution in [0, 0.1) is 5.92 Å². The highest BCUT2D eigenvalue weighted by atomic mass is 16.5. The van der Waals surface area contributed by atoms with E-state index in [1.54, 1.807) is 31.4 Å². The summed E-state index contributed by atoms with van der Waals surface area (Å²) in [7, 11) is 2.93. The lowest BCUT2D eigenvalue weighted by Crippen LogP contribution is -2.45. The zero-order valence-corrected chi connectivity index (χ0v) is 15.2. The number of hydrogen-bond donors (Lipinski definition) is 1. The van der Waals surface area contributed by atoms with E-state index in [2.05, 4.69) is 10.5 Å². The second-order valence-corrected chi connectivity index (χ2v) is 6.80. The van der Waals surface area contributed by atoms with Crippen molar-refractivity contribution >= 4 is 17.7 Å². The first kappa shape index (κ1) is 17.4. The minimum absolute atomic E-state index is 0.0825. The Kier molecular flexibility index (Phi) is 4.47. The molecule has 0 saturated carbocycles. The molecule has 1 amide bonds. The van der Waals surface area contributed by atoms with Crippen molar-refractivity contribution in [3.05, 3.63) is 29.8 Å². The van der Waals surface area contributed by atoms with Crippen LogP contribution >= 0.6 is 0 Å². The van der Waals surface area contributed by atoms with Crippen LogP contribution in [-0.2, 0) is 9.53 Å². The number of fused-ring (bicyclic) bond motifs is 1. The minimum atomic E-state index is -0.500. The molecular formula is C19H21N3O5. The van der Waals surface area contributed by atoms with Gasteiger partial charge in [-0.15, -0.1) is 0 Å². The molecular weight excluding hydrogens is 350 g/mol. The topological polar surface area (TPSA) is 93.9 Å². The smallest absolute Gasteiger partial charge is 0.345 e. The van der Waals surface area contributed by atoms with Crippen molar-refractivity contribution < 1.29 is 23.6 Å². The van der Waals surface area contributed by atoms with Crippen LogP contribution in [0.4, 0.5) is 5.82 Å². The molecule has 2 atom stereocenters. The van der Waals surface area contributed by atoms with Gasteiger partial charge in [-0.05, 0) is 30.7 Å². The normalized spacial score (nSPS) is 21.6. The van der Waals surface area contributed by atoms with Crippen LogP contribution in [0.1, 0.15) is 23.2 Å². The Labute approximate surface area is 156 Å². The first-order valence-electron chi connectivity index (χ1n) is 8.87. The second-order valence-electron chi connectivity index (χ2n) is 6.80. The molecule has 3 heterocycles. The molecule has 1 aromatic carbocycles. The maximum absolute atomic E-state index is 12.5. The molecule has 2 aromatic rings. The Morgan fingerprint density at radius 2 is 2.07 bits per heavy atom. The number of rotatable bonds is 4. The third kappa shape index (κ3) is 3.11. The number of ether oxygens (including phenoxy) is 2. The van der Waals surface area contributed by atoms with Gasteiger partial charge in [-0.25, -0.2) is 4.79 Å². The molecule has 142 valence electrons. The number of methoxy groups -OCH3 is 2. The lowest BCUT2D eigenvalue weighted by atomic mass is 9.93. The fourth-order valence-corrected chi connectivity index (χ4v) is 3.85. The largest absolute Gasteiger partial charge is 0.497 e. The maximum Gasteiger partial charge on any atom is 0.345 e. The summed E-state index contributed by atoms with van der Waals surface area (Å²) in [5.74, 6) is 1.32. The van der Waals surface area contributed by atoms with Gasteiger partial charge in [0.15, 0.2) is 17.1 Å². The summed E-state index contributed by atoms with van der Waals surface area (Å²) in [6.45, 7) is 1.32. The molecule has 0 radical (unpaired) electrons. The lowest BCUT2D eigenvalue weighted by Gasteiger charge is -2.34. The average molecular weight is 371 g/mol. The van der Waals surface area contributed by atoms with Gasteiger partial charge in [0, 0.05) is 37.0 Å². The number of piperidine rings is 1. The molecule has 2 aliphatic heterocycles. The monoisotopic (exact) mass is 371 g/mol. The van der Waals surface area contributed by atoms with E-state index in [1.165, 1.54) is 7.11 Å². The predicted octanol–water partition coefficient (Wildman–Crippen LogP) is 1.85. The van der Waals surface area contributed by atoms with Crippen molar-refractivity contribution in [1.82, 2.24) is 10.5 Å². The van der Waals surface area contributed by atoms with Crippen LogP contribution in [0.3, 0.4) is 0 Å². The number of hydrogen-bond acceptors (Lipinski definition) is 7. The highest BCUT2D eigenvalue weighted by Crippen LogP contribution is 2.36. The summed E-state index contributed by atoms with van der Waals surface area (Å²) in [6, 6.07) is 7.39. The van der Waals surface area contributed by atoms with Gasteiger partial charge in [0.25, 0.3) is 0 Å². The Bertz CT molecular complexity index is 861. The SMILES string of the molecule is COC(=O)c1c(N2CC[C@@H]3NC(=O)C[C@@H]3C2)noc1-c1ccc(OC)cc1. The van der Waals surface area contributed by atoms with E-state index in [4.69, 9.17) is 14.0 Å². The number of aromatic nitrogens is 1. The van der Waals surface area contributed by atoms with Gasteiger partial charge in [0.05, 0.1) is 14.2 Å². The summed E-state index contributed by atoms with van der Waals surface area (Å²) >= 11 is 0. The number of carbonyl (C=O) groups is 2. The summed E-state index contributed by atoms with van der Waals surface area (Å²) in [5, 5.41) is 7.18. The van der Waals surface area contributed by atoms with E-state index in [-0.39, 0.29) is 17.9 Å². The molecule has 27 heavy (non-hydrogen) atoms. The molecule has 0 bridgehead atoms. The number of amides is 1. The molecule has 8 nitrogen and oxygen atoms in total. The van der Waals surface area contributed by atoms with Crippen LogP contribution in [0.25, 0.3) is 11.3 Å². The first-order chi connectivity index (χ1) is 13.1. The van der Waals surface area contributed by atoms with Gasteiger partial charge in [-0.1, -0.05) is 5.16 Å². The molecule has 8 heteroatoms. The lowest BCUT2D eigenvalue weighted by molar-refractivity contribution is -0.119. The highest BCUT2D eigenvalue weighted by Gasteiger charge is 2.39. The quantitative estimate of drug-likeness (QED) is 0.820. The van der Waals surface area contributed by atoms with E-state index in [1.807, 2.05) is 4.90 Å².